The fourth-order valence-electron chi connectivity index (χ4n) is 3.24. The Bertz CT molecular complexity index is 859. The normalized spacial score (nSPS) is 17.8. The molecule has 0 spiro atoms. The summed E-state index contributed by atoms with van der Waals surface area (Å²) < 4.78 is 1.08. The second kappa shape index (κ2) is 6.85. The van der Waals surface area contributed by atoms with Crippen LogP contribution in [0.2, 0.25) is 0 Å². The van der Waals surface area contributed by atoms with Gasteiger partial charge in [-0.2, -0.15) is 0 Å². The molecule has 7 heteroatoms. The van der Waals surface area contributed by atoms with Crippen molar-refractivity contribution in [3.8, 4) is 0 Å². The van der Waals surface area contributed by atoms with Crippen molar-refractivity contribution in [3.63, 3.8) is 0 Å². The standard InChI is InChI=1S/C18H20N4O2S/c23-13-4-2-7-22(11-13)17-12(3-1-6-19-17)10-20-18(24)15-9-16-14(21-15)5-8-25-16/h1,3,5-6,8-9,13,21,23H,2,4,7,10-11H2,(H,20,24)/t13-/m1/s1. The number of nitrogens with one attached hydrogen (secondary N) is 2. The number of rotatable bonds is 4. The van der Waals surface area contributed by atoms with Crippen LogP contribution in [0.15, 0.2) is 35.8 Å². The summed E-state index contributed by atoms with van der Waals surface area (Å²) in [5.41, 5.74) is 2.51. The zero-order valence-electron chi connectivity index (χ0n) is 13.7. The summed E-state index contributed by atoms with van der Waals surface area (Å²) in [6, 6.07) is 7.69. The van der Waals surface area contributed by atoms with E-state index < -0.39 is 0 Å². The molecule has 130 valence electrons. The highest BCUT2D eigenvalue weighted by molar-refractivity contribution is 7.17. The molecule has 0 unspecified atom stereocenters. The average molecular weight is 356 g/mol. The minimum Gasteiger partial charge on any atom is -0.391 e. The lowest BCUT2D eigenvalue weighted by atomic mass is 10.1. The van der Waals surface area contributed by atoms with E-state index in [0.717, 1.165) is 41.0 Å². The van der Waals surface area contributed by atoms with Gasteiger partial charge >= 0.3 is 0 Å². The molecule has 4 heterocycles. The summed E-state index contributed by atoms with van der Waals surface area (Å²) in [5.74, 6) is 0.714. The number of aromatic nitrogens is 2. The fraction of sp³-hybridized carbons (Fsp3) is 0.333. The molecule has 1 aliphatic rings. The van der Waals surface area contributed by atoms with Crippen molar-refractivity contribution in [3.05, 3.63) is 47.1 Å². The molecule has 6 nitrogen and oxygen atoms in total. The van der Waals surface area contributed by atoms with E-state index in [4.69, 9.17) is 0 Å². The van der Waals surface area contributed by atoms with Gasteiger partial charge in [0.2, 0.25) is 0 Å². The largest absolute Gasteiger partial charge is 0.391 e. The number of fused-ring (bicyclic) bond motifs is 1. The minimum absolute atomic E-state index is 0.128. The summed E-state index contributed by atoms with van der Waals surface area (Å²) >= 11 is 1.61. The van der Waals surface area contributed by atoms with Crippen molar-refractivity contribution < 1.29 is 9.90 Å². The molecule has 25 heavy (non-hydrogen) atoms. The number of anilines is 1. The number of hydrogen-bond acceptors (Lipinski definition) is 5. The molecule has 0 aromatic carbocycles. The van der Waals surface area contributed by atoms with Crippen LogP contribution < -0.4 is 10.2 Å². The number of carbonyl (C=O) groups is 1. The molecule has 0 saturated carbocycles. The third-order valence-electron chi connectivity index (χ3n) is 4.49. The molecule has 0 aliphatic carbocycles. The topological polar surface area (TPSA) is 81.2 Å². The summed E-state index contributed by atoms with van der Waals surface area (Å²) in [7, 11) is 0. The van der Waals surface area contributed by atoms with Crippen LogP contribution >= 0.6 is 11.3 Å². The number of amides is 1. The Hall–Kier alpha value is -2.38. The van der Waals surface area contributed by atoms with Gasteiger partial charge in [0.15, 0.2) is 0 Å². The van der Waals surface area contributed by atoms with Crippen molar-refractivity contribution in [1.29, 1.82) is 0 Å². The Morgan fingerprint density at radius 2 is 2.40 bits per heavy atom. The first-order chi connectivity index (χ1) is 12.2. The van der Waals surface area contributed by atoms with Crippen LogP contribution in [0, 0.1) is 0 Å². The Morgan fingerprint density at radius 1 is 1.48 bits per heavy atom. The average Bonchev–Trinajstić information content (AvgIpc) is 3.22. The van der Waals surface area contributed by atoms with E-state index in [1.54, 1.807) is 17.5 Å². The predicted molar refractivity (Wildman–Crippen MR) is 99.0 cm³/mol. The van der Waals surface area contributed by atoms with Crippen LogP contribution in [-0.2, 0) is 6.54 Å². The molecule has 0 radical (unpaired) electrons. The lowest BCUT2D eigenvalue weighted by molar-refractivity contribution is 0.0946. The second-order valence-corrected chi connectivity index (χ2v) is 7.24. The Labute approximate surface area is 149 Å². The van der Waals surface area contributed by atoms with Crippen molar-refractivity contribution in [1.82, 2.24) is 15.3 Å². The van der Waals surface area contributed by atoms with Crippen molar-refractivity contribution in [2.24, 2.45) is 0 Å². The monoisotopic (exact) mass is 356 g/mol. The van der Waals surface area contributed by atoms with Gasteiger partial charge in [-0.15, -0.1) is 11.3 Å². The molecule has 0 bridgehead atoms. The van der Waals surface area contributed by atoms with Gasteiger partial charge in [-0.05, 0) is 36.4 Å². The van der Waals surface area contributed by atoms with E-state index in [0.29, 0.717) is 18.8 Å². The van der Waals surface area contributed by atoms with Gasteiger partial charge in [0, 0.05) is 31.4 Å². The van der Waals surface area contributed by atoms with Gasteiger partial charge in [-0.1, -0.05) is 6.07 Å². The van der Waals surface area contributed by atoms with Crippen molar-refractivity contribution in [2.75, 3.05) is 18.0 Å². The third kappa shape index (κ3) is 3.38. The highest BCUT2D eigenvalue weighted by atomic mass is 32.1. The maximum atomic E-state index is 12.4. The first kappa shape index (κ1) is 16.1. The zero-order chi connectivity index (χ0) is 17.2. The van der Waals surface area contributed by atoms with Gasteiger partial charge in [0.1, 0.15) is 11.5 Å². The Morgan fingerprint density at radius 3 is 3.24 bits per heavy atom. The highest BCUT2D eigenvalue weighted by Gasteiger charge is 2.21. The van der Waals surface area contributed by atoms with E-state index in [2.05, 4.69) is 20.2 Å². The smallest absolute Gasteiger partial charge is 0.268 e. The third-order valence-corrected chi connectivity index (χ3v) is 5.35. The van der Waals surface area contributed by atoms with Gasteiger partial charge in [-0.3, -0.25) is 4.79 Å². The quantitative estimate of drug-likeness (QED) is 0.671. The summed E-state index contributed by atoms with van der Waals surface area (Å²) in [5, 5.41) is 14.9. The number of carbonyl (C=O) groups excluding carboxylic acids is 1. The second-order valence-electron chi connectivity index (χ2n) is 6.29. The molecule has 1 fully saturated rings. The van der Waals surface area contributed by atoms with Crippen LogP contribution in [0.5, 0.6) is 0 Å². The predicted octanol–water partition coefficient (Wildman–Crippen LogP) is 2.52. The fourth-order valence-corrected chi connectivity index (χ4v) is 4.02. The highest BCUT2D eigenvalue weighted by Crippen LogP contribution is 2.23. The molecule has 3 N–H and O–H groups in total. The van der Waals surface area contributed by atoms with Crippen LogP contribution in [-0.4, -0.2) is 40.2 Å². The Kier molecular flexibility index (Phi) is 4.42. The number of nitrogens with zero attached hydrogens (tertiary/aromatic N) is 2. The van der Waals surface area contributed by atoms with Crippen molar-refractivity contribution in [2.45, 2.75) is 25.5 Å². The van der Waals surface area contributed by atoms with E-state index in [9.17, 15) is 9.90 Å². The first-order valence-electron chi connectivity index (χ1n) is 8.42. The van der Waals surface area contributed by atoms with Crippen molar-refractivity contribution >= 4 is 33.3 Å². The van der Waals surface area contributed by atoms with E-state index in [1.165, 1.54) is 0 Å². The van der Waals surface area contributed by atoms with Gasteiger partial charge < -0.3 is 20.3 Å². The van der Waals surface area contributed by atoms with E-state index >= 15 is 0 Å². The minimum atomic E-state index is -0.315. The SMILES string of the molecule is O=C(NCc1cccnc1N1CCC[C@@H](O)C1)c1cc2sccc2[nH]1. The number of aromatic amines is 1. The number of pyridine rings is 1. The molecule has 3 aromatic rings. The molecule has 4 rings (SSSR count). The van der Waals surface area contributed by atoms with Crippen LogP contribution in [0.1, 0.15) is 28.9 Å². The van der Waals surface area contributed by atoms with Gasteiger partial charge in [-0.25, -0.2) is 4.98 Å². The lowest BCUT2D eigenvalue weighted by Crippen LogP contribution is -2.39. The molecule has 1 atom stereocenters. The van der Waals surface area contributed by atoms with Gasteiger partial charge in [0.25, 0.3) is 5.91 Å². The van der Waals surface area contributed by atoms with E-state index in [1.807, 2.05) is 29.6 Å². The molecule has 1 aliphatic heterocycles. The molecule has 3 aromatic heterocycles. The molecule has 1 amide bonds. The molecule has 1 saturated heterocycles. The van der Waals surface area contributed by atoms with Gasteiger partial charge in [0.05, 0.1) is 16.3 Å². The summed E-state index contributed by atoms with van der Waals surface area (Å²) in [6.07, 6.45) is 3.22. The number of aliphatic hydroxyl groups is 1. The maximum Gasteiger partial charge on any atom is 0.268 e. The maximum absolute atomic E-state index is 12.4. The number of H-pyrrole nitrogens is 1. The number of β-amino-alcohol motifs (C(OH)–C–C–N with tert-alkyl or cyclic N) is 1. The summed E-state index contributed by atoms with van der Waals surface area (Å²) in [4.78, 5) is 22.1. The number of aliphatic hydroxyl groups excluding tert-OH is 1. The summed E-state index contributed by atoms with van der Waals surface area (Å²) in [6.45, 7) is 1.87. The first-order valence-corrected chi connectivity index (χ1v) is 9.30. The number of piperidine rings is 1. The zero-order valence-corrected chi connectivity index (χ0v) is 14.6. The number of hydrogen-bond donors (Lipinski definition) is 3. The van der Waals surface area contributed by atoms with Crippen LogP contribution in [0.3, 0.4) is 0 Å². The molecular weight excluding hydrogens is 336 g/mol. The lowest BCUT2D eigenvalue weighted by Gasteiger charge is -2.32. The molecular formula is C18H20N4O2S. The van der Waals surface area contributed by atoms with Crippen LogP contribution in [0.25, 0.3) is 10.2 Å². The Balaban J connectivity index is 1.47. The number of thiophene rings is 1. The van der Waals surface area contributed by atoms with Crippen LogP contribution in [0.4, 0.5) is 5.82 Å². The van der Waals surface area contributed by atoms with E-state index in [-0.39, 0.29) is 12.0 Å².